The number of rotatable bonds is 5. The highest BCUT2D eigenvalue weighted by molar-refractivity contribution is 5.88. The lowest BCUT2D eigenvalue weighted by atomic mass is 9.95. The van der Waals surface area contributed by atoms with Crippen molar-refractivity contribution in [3.05, 3.63) is 34.6 Å². The minimum Gasteiger partial charge on any atom is -0.459 e. The average molecular weight is 273 g/mol. The van der Waals surface area contributed by atoms with Crippen molar-refractivity contribution in [2.45, 2.75) is 54.0 Å². The van der Waals surface area contributed by atoms with Crippen LogP contribution in [0.1, 0.15) is 56.1 Å². The van der Waals surface area contributed by atoms with Crippen molar-refractivity contribution in [3.8, 4) is 0 Å². The van der Waals surface area contributed by atoms with E-state index in [0.29, 0.717) is 11.8 Å². The van der Waals surface area contributed by atoms with Gasteiger partial charge in [-0.3, -0.25) is 0 Å². The molecule has 2 rings (SSSR count). The van der Waals surface area contributed by atoms with Gasteiger partial charge >= 0.3 is 0 Å². The number of aryl methyl sites for hydroxylation is 2. The molecule has 1 aromatic heterocycles. The fourth-order valence-electron chi connectivity index (χ4n) is 2.68. The molecule has 1 aromatic carbocycles. The molecule has 0 saturated heterocycles. The van der Waals surface area contributed by atoms with Gasteiger partial charge in [0.15, 0.2) is 0 Å². The van der Waals surface area contributed by atoms with Gasteiger partial charge in [0.05, 0.1) is 6.54 Å². The van der Waals surface area contributed by atoms with Gasteiger partial charge in [0.1, 0.15) is 11.3 Å². The molecule has 1 heterocycles. The molecule has 0 atom stereocenters. The minimum atomic E-state index is 0.519. The van der Waals surface area contributed by atoms with Crippen molar-refractivity contribution in [1.82, 2.24) is 5.32 Å². The fraction of sp³-hybridized carbons (Fsp3) is 0.556. The highest BCUT2D eigenvalue weighted by Crippen LogP contribution is 2.34. The molecule has 20 heavy (non-hydrogen) atoms. The van der Waals surface area contributed by atoms with Gasteiger partial charge in [0, 0.05) is 5.39 Å². The molecule has 110 valence electrons. The van der Waals surface area contributed by atoms with Crippen molar-refractivity contribution in [2.75, 3.05) is 6.54 Å². The van der Waals surface area contributed by atoms with Gasteiger partial charge in [-0.25, -0.2) is 0 Å². The summed E-state index contributed by atoms with van der Waals surface area (Å²) in [7, 11) is 0. The summed E-state index contributed by atoms with van der Waals surface area (Å²) in [6.45, 7) is 15.1. The summed E-state index contributed by atoms with van der Waals surface area (Å²) in [4.78, 5) is 0. The molecule has 2 heteroatoms. The summed E-state index contributed by atoms with van der Waals surface area (Å²) in [5.74, 6) is 2.26. The molecule has 0 fully saturated rings. The maximum Gasteiger partial charge on any atom is 0.137 e. The van der Waals surface area contributed by atoms with Gasteiger partial charge in [0.25, 0.3) is 0 Å². The SMILES string of the molecule is Cc1ccc(C(C)C)c2c(C)c(CNCC(C)C)oc12. The quantitative estimate of drug-likeness (QED) is 0.836. The molecule has 2 nitrogen and oxygen atoms in total. The van der Waals surface area contributed by atoms with E-state index in [2.05, 4.69) is 59.0 Å². The molecule has 0 unspecified atom stereocenters. The Morgan fingerprint density at radius 3 is 2.40 bits per heavy atom. The van der Waals surface area contributed by atoms with E-state index in [4.69, 9.17) is 4.42 Å². The second-order valence-corrected chi connectivity index (χ2v) is 6.51. The first kappa shape index (κ1) is 15.1. The third-order valence-electron chi connectivity index (χ3n) is 3.87. The first-order chi connectivity index (χ1) is 9.41. The zero-order valence-electron chi connectivity index (χ0n) is 13.6. The van der Waals surface area contributed by atoms with Crippen molar-refractivity contribution >= 4 is 11.0 Å². The maximum absolute atomic E-state index is 6.14. The van der Waals surface area contributed by atoms with Crippen LogP contribution in [0.25, 0.3) is 11.0 Å². The van der Waals surface area contributed by atoms with Crippen LogP contribution >= 0.6 is 0 Å². The maximum atomic E-state index is 6.14. The van der Waals surface area contributed by atoms with Crippen LogP contribution in [0.2, 0.25) is 0 Å². The third-order valence-corrected chi connectivity index (χ3v) is 3.87. The lowest BCUT2D eigenvalue weighted by Gasteiger charge is -2.08. The van der Waals surface area contributed by atoms with E-state index in [0.717, 1.165) is 24.4 Å². The molecule has 0 aliphatic rings. The predicted octanol–water partition coefficient (Wildman–Crippen LogP) is 4.92. The summed E-state index contributed by atoms with van der Waals surface area (Å²) >= 11 is 0. The average Bonchev–Trinajstić information content (AvgIpc) is 2.68. The molecule has 1 N–H and O–H groups in total. The molecular formula is C18H27NO. The molecule has 0 aliphatic carbocycles. The molecule has 0 aliphatic heterocycles. The summed E-state index contributed by atoms with van der Waals surface area (Å²) in [5.41, 5.74) is 4.98. The van der Waals surface area contributed by atoms with E-state index in [1.807, 2.05) is 0 Å². The van der Waals surface area contributed by atoms with Crippen molar-refractivity contribution < 1.29 is 4.42 Å². The Kier molecular flexibility index (Phi) is 4.54. The van der Waals surface area contributed by atoms with Crippen LogP contribution in [0, 0.1) is 19.8 Å². The summed E-state index contributed by atoms with van der Waals surface area (Å²) in [5, 5.41) is 4.80. The summed E-state index contributed by atoms with van der Waals surface area (Å²) in [6.07, 6.45) is 0. The Hall–Kier alpha value is -1.28. The number of fused-ring (bicyclic) bond motifs is 1. The highest BCUT2D eigenvalue weighted by Gasteiger charge is 2.17. The Balaban J connectivity index is 2.41. The van der Waals surface area contributed by atoms with Crippen molar-refractivity contribution in [2.24, 2.45) is 5.92 Å². The normalized spacial score (nSPS) is 12.0. The van der Waals surface area contributed by atoms with Crippen molar-refractivity contribution in [1.29, 1.82) is 0 Å². The van der Waals surface area contributed by atoms with E-state index in [9.17, 15) is 0 Å². The molecule has 0 radical (unpaired) electrons. The van der Waals surface area contributed by atoms with E-state index < -0.39 is 0 Å². The smallest absolute Gasteiger partial charge is 0.137 e. The molecular weight excluding hydrogens is 246 g/mol. The largest absolute Gasteiger partial charge is 0.459 e. The van der Waals surface area contributed by atoms with Gasteiger partial charge in [-0.05, 0) is 48.9 Å². The summed E-state index contributed by atoms with van der Waals surface area (Å²) in [6, 6.07) is 4.42. The van der Waals surface area contributed by atoms with Crippen LogP contribution in [-0.2, 0) is 6.54 Å². The van der Waals surface area contributed by atoms with Crippen LogP contribution in [0.5, 0.6) is 0 Å². The van der Waals surface area contributed by atoms with Gasteiger partial charge in [-0.2, -0.15) is 0 Å². The predicted molar refractivity (Wildman–Crippen MR) is 86.3 cm³/mol. The molecule has 0 amide bonds. The lowest BCUT2D eigenvalue weighted by Crippen LogP contribution is -2.19. The topological polar surface area (TPSA) is 25.2 Å². The van der Waals surface area contributed by atoms with Gasteiger partial charge in [-0.15, -0.1) is 0 Å². The highest BCUT2D eigenvalue weighted by atomic mass is 16.3. The van der Waals surface area contributed by atoms with E-state index in [-0.39, 0.29) is 0 Å². The molecule has 0 bridgehead atoms. The standard InChI is InChI=1S/C18H27NO/c1-11(2)9-19-10-16-14(6)17-15(12(3)4)8-7-13(5)18(17)20-16/h7-8,11-12,19H,9-10H2,1-6H3. The third kappa shape index (κ3) is 2.90. The summed E-state index contributed by atoms with van der Waals surface area (Å²) < 4.78 is 6.14. The van der Waals surface area contributed by atoms with Crippen LogP contribution in [-0.4, -0.2) is 6.54 Å². The number of hydrogen-bond donors (Lipinski definition) is 1. The van der Waals surface area contributed by atoms with Crippen LogP contribution < -0.4 is 5.32 Å². The molecule has 2 aromatic rings. The first-order valence-electron chi connectivity index (χ1n) is 7.64. The van der Waals surface area contributed by atoms with Gasteiger partial charge in [-0.1, -0.05) is 39.8 Å². The second-order valence-electron chi connectivity index (χ2n) is 6.51. The van der Waals surface area contributed by atoms with Crippen LogP contribution in [0.3, 0.4) is 0 Å². The van der Waals surface area contributed by atoms with E-state index in [1.54, 1.807) is 0 Å². The Morgan fingerprint density at radius 1 is 1.10 bits per heavy atom. The zero-order valence-corrected chi connectivity index (χ0v) is 13.6. The monoisotopic (exact) mass is 273 g/mol. The minimum absolute atomic E-state index is 0.519. The molecule has 0 spiro atoms. The Labute approximate surface area is 122 Å². The van der Waals surface area contributed by atoms with Crippen LogP contribution in [0.15, 0.2) is 16.5 Å². The number of furan rings is 1. The fourth-order valence-corrected chi connectivity index (χ4v) is 2.68. The number of hydrogen-bond acceptors (Lipinski definition) is 2. The second kappa shape index (κ2) is 6.01. The number of benzene rings is 1. The van der Waals surface area contributed by atoms with E-state index in [1.165, 1.54) is 22.1 Å². The van der Waals surface area contributed by atoms with E-state index >= 15 is 0 Å². The number of nitrogens with one attached hydrogen (secondary N) is 1. The van der Waals surface area contributed by atoms with Gasteiger partial charge in [0.2, 0.25) is 0 Å². The van der Waals surface area contributed by atoms with Crippen LogP contribution in [0.4, 0.5) is 0 Å². The lowest BCUT2D eigenvalue weighted by molar-refractivity contribution is 0.482. The Morgan fingerprint density at radius 2 is 1.80 bits per heavy atom. The first-order valence-corrected chi connectivity index (χ1v) is 7.64. The zero-order chi connectivity index (χ0) is 14.9. The van der Waals surface area contributed by atoms with Crippen molar-refractivity contribution in [3.63, 3.8) is 0 Å². The molecule has 0 saturated carbocycles. The van der Waals surface area contributed by atoms with Gasteiger partial charge < -0.3 is 9.73 Å². The Bertz CT molecular complexity index is 593.